The van der Waals surface area contributed by atoms with E-state index < -0.39 is 25.0 Å². The number of carboxylic acid groups (broad SMARTS) is 1. The van der Waals surface area contributed by atoms with E-state index >= 15 is 0 Å². The molecule has 11 nitrogen and oxygen atoms in total. The Labute approximate surface area is 219 Å². The third-order valence-corrected chi connectivity index (χ3v) is 6.50. The normalized spacial score (nSPS) is 14.0. The van der Waals surface area contributed by atoms with Crippen LogP contribution in [0.2, 0.25) is 0 Å². The molecule has 3 aromatic rings. The molecule has 0 saturated heterocycles. The SMILES string of the molecule is O=C(O)[C@H](CCN(CCCCc1ccc2c(n1)NCCC2)CCOCC(F)F)Nc1ncnc2[nH]ncc12. The van der Waals surface area contributed by atoms with Gasteiger partial charge in [-0.15, -0.1) is 0 Å². The second kappa shape index (κ2) is 13.9. The minimum Gasteiger partial charge on any atom is -0.480 e. The van der Waals surface area contributed by atoms with Gasteiger partial charge in [-0.3, -0.25) is 5.10 Å². The first-order valence-corrected chi connectivity index (χ1v) is 12.9. The molecule has 4 N–H and O–H groups in total. The van der Waals surface area contributed by atoms with Crippen LogP contribution in [0.25, 0.3) is 11.0 Å². The molecule has 0 aromatic carbocycles. The van der Waals surface area contributed by atoms with Gasteiger partial charge in [0.1, 0.15) is 30.6 Å². The van der Waals surface area contributed by atoms with Crippen LogP contribution in [0.3, 0.4) is 0 Å². The summed E-state index contributed by atoms with van der Waals surface area (Å²) in [6.07, 6.45) is 5.40. The first-order valence-electron chi connectivity index (χ1n) is 12.9. The van der Waals surface area contributed by atoms with Crippen LogP contribution in [0, 0.1) is 0 Å². The Kier molecular flexibility index (Phi) is 10.1. The van der Waals surface area contributed by atoms with Crippen LogP contribution in [0.15, 0.2) is 24.7 Å². The smallest absolute Gasteiger partial charge is 0.326 e. The average Bonchev–Trinajstić information content (AvgIpc) is 3.40. The zero-order valence-electron chi connectivity index (χ0n) is 21.2. The number of halogens is 2. The van der Waals surface area contributed by atoms with Gasteiger partial charge in [0.15, 0.2) is 5.65 Å². The number of ether oxygens (including phenoxy) is 1. The van der Waals surface area contributed by atoms with Crippen molar-refractivity contribution in [2.45, 2.75) is 51.0 Å². The van der Waals surface area contributed by atoms with E-state index in [2.05, 4.69) is 47.8 Å². The van der Waals surface area contributed by atoms with Gasteiger partial charge in [0.25, 0.3) is 6.43 Å². The highest BCUT2D eigenvalue weighted by Crippen LogP contribution is 2.21. The summed E-state index contributed by atoms with van der Waals surface area (Å²) in [7, 11) is 0. The largest absolute Gasteiger partial charge is 0.480 e. The molecule has 4 heterocycles. The van der Waals surface area contributed by atoms with Gasteiger partial charge >= 0.3 is 5.97 Å². The monoisotopic (exact) mass is 532 g/mol. The summed E-state index contributed by atoms with van der Waals surface area (Å²) in [5, 5.41) is 23.4. The molecule has 1 aliphatic rings. The van der Waals surface area contributed by atoms with Crippen LogP contribution >= 0.6 is 0 Å². The Balaban J connectivity index is 1.29. The number of aliphatic carboxylic acids is 1. The van der Waals surface area contributed by atoms with Gasteiger partial charge in [-0.1, -0.05) is 6.07 Å². The highest BCUT2D eigenvalue weighted by atomic mass is 19.3. The van der Waals surface area contributed by atoms with Crippen molar-refractivity contribution in [3.63, 3.8) is 0 Å². The number of pyridine rings is 1. The standard InChI is InChI=1S/C25H34F2N8O3/c26-21(27)15-38-13-12-35(10-2-1-5-18-7-6-17-4-3-9-28-22(17)32-18)11-8-20(25(36)37)33-23-19-14-31-34-24(19)30-16-29-23/h6-7,14,16,20-21H,1-5,8-13,15H2,(H,28,32)(H,36,37)(H2,29,30,31,33,34)/t20-/m0/s1. The number of carboxylic acids is 1. The number of unbranched alkanes of at least 4 members (excludes halogenated alkanes) is 1. The fourth-order valence-corrected chi connectivity index (χ4v) is 4.47. The first kappa shape index (κ1) is 27.6. The molecular weight excluding hydrogens is 498 g/mol. The van der Waals surface area contributed by atoms with Crippen molar-refractivity contribution in [3.8, 4) is 0 Å². The van der Waals surface area contributed by atoms with Gasteiger partial charge in [0, 0.05) is 25.3 Å². The lowest BCUT2D eigenvalue weighted by Gasteiger charge is -2.24. The second-order valence-corrected chi connectivity index (χ2v) is 9.28. The molecule has 1 atom stereocenters. The predicted molar refractivity (Wildman–Crippen MR) is 139 cm³/mol. The van der Waals surface area contributed by atoms with E-state index in [1.807, 2.05) is 0 Å². The summed E-state index contributed by atoms with van der Waals surface area (Å²) < 4.78 is 30.0. The lowest BCUT2D eigenvalue weighted by atomic mass is 10.1. The molecule has 0 spiro atoms. The number of aryl methyl sites for hydroxylation is 2. The van der Waals surface area contributed by atoms with E-state index in [9.17, 15) is 18.7 Å². The summed E-state index contributed by atoms with van der Waals surface area (Å²) in [6, 6.07) is 3.32. The third-order valence-electron chi connectivity index (χ3n) is 6.50. The van der Waals surface area contributed by atoms with Crippen LogP contribution in [0.1, 0.15) is 36.9 Å². The summed E-state index contributed by atoms with van der Waals surface area (Å²) in [4.78, 5) is 27.0. The molecule has 1 aliphatic heterocycles. The molecule has 0 bridgehead atoms. The number of alkyl halides is 2. The van der Waals surface area contributed by atoms with Gasteiger partial charge in [0.05, 0.1) is 18.2 Å². The fourth-order valence-electron chi connectivity index (χ4n) is 4.47. The van der Waals surface area contributed by atoms with Crippen molar-refractivity contribution in [2.24, 2.45) is 0 Å². The molecule has 38 heavy (non-hydrogen) atoms. The number of hydrogen-bond acceptors (Lipinski definition) is 9. The third kappa shape index (κ3) is 8.02. The fraction of sp³-hybridized carbons (Fsp3) is 0.560. The number of anilines is 2. The quantitative estimate of drug-likeness (QED) is 0.204. The van der Waals surface area contributed by atoms with E-state index in [0.29, 0.717) is 36.5 Å². The van der Waals surface area contributed by atoms with Gasteiger partial charge in [0.2, 0.25) is 0 Å². The number of nitrogens with zero attached hydrogens (tertiary/aromatic N) is 5. The summed E-state index contributed by atoms with van der Waals surface area (Å²) in [5.74, 6) is 0.353. The minimum absolute atomic E-state index is 0.148. The molecule has 206 valence electrons. The minimum atomic E-state index is -2.52. The maximum Gasteiger partial charge on any atom is 0.326 e. The van der Waals surface area contributed by atoms with Crippen molar-refractivity contribution in [2.75, 3.05) is 50.0 Å². The van der Waals surface area contributed by atoms with Gasteiger partial charge in [-0.25, -0.2) is 28.5 Å². The van der Waals surface area contributed by atoms with Crippen LogP contribution in [0.4, 0.5) is 20.4 Å². The highest BCUT2D eigenvalue weighted by Gasteiger charge is 2.21. The van der Waals surface area contributed by atoms with Gasteiger partial charge < -0.3 is 25.4 Å². The Bertz CT molecular complexity index is 1180. The summed E-state index contributed by atoms with van der Waals surface area (Å²) in [6.45, 7) is 2.05. The maximum absolute atomic E-state index is 12.5. The first-order chi connectivity index (χ1) is 18.5. The van der Waals surface area contributed by atoms with E-state index in [-0.39, 0.29) is 13.0 Å². The number of hydrogen-bond donors (Lipinski definition) is 4. The molecule has 13 heteroatoms. The zero-order chi connectivity index (χ0) is 26.7. The topological polar surface area (TPSA) is 141 Å². The number of nitrogens with one attached hydrogen (secondary N) is 3. The molecule has 0 saturated carbocycles. The molecule has 0 unspecified atom stereocenters. The lowest BCUT2D eigenvalue weighted by molar-refractivity contribution is -0.138. The van der Waals surface area contributed by atoms with Crippen LogP contribution in [-0.2, 0) is 22.4 Å². The van der Waals surface area contributed by atoms with E-state index in [1.165, 1.54) is 18.1 Å². The van der Waals surface area contributed by atoms with E-state index in [0.717, 1.165) is 50.2 Å². The average molecular weight is 533 g/mol. The Morgan fingerprint density at radius 1 is 1.21 bits per heavy atom. The highest BCUT2D eigenvalue weighted by molar-refractivity contribution is 5.88. The maximum atomic E-state index is 12.5. The molecule has 3 aromatic heterocycles. The molecule has 0 amide bonds. The molecule has 4 rings (SSSR count). The number of aromatic nitrogens is 5. The van der Waals surface area contributed by atoms with Gasteiger partial charge in [-0.2, -0.15) is 5.10 Å². The predicted octanol–water partition coefficient (Wildman–Crippen LogP) is 2.97. The molecule has 0 aliphatic carbocycles. The number of rotatable bonds is 16. The zero-order valence-corrected chi connectivity index (χ0v) is 21.2. The summed E-state index contributed by atoms with van der Waals surface area (Å²) >= 11 is 0. The van der Waals surface area contributed by atoms with Crippen LogP contribution in [0.5, 0.6) is 0 Å². The molecular formula is C25H34F2N8O3. The Morgan fingerprint density at radius 2 is 2.11 bits per heavy atom. The van der Waals surface area contributed by atoms with Crippen molar-refractivity contribution < 1.29 is 23.4 Å². The number of H-pyrrole nitrogens is 1. The number of fused-ring (bicyclic) bond motifs is 2. The molecule has 0 radical (unpaired) electrons. The van der Waals surface area contributed by atoms with E-state index in [1.54, 1.807) is 0 Å². The summed E-state index contributed by atoms with van der Waals surface area (Å²) in [5.41, 5.74) is 2.80. The second-order valence-electron chi connectivity index (χ2n) is 9.28. The molecule has 0 fully saturated rings. The van der Waals surface area contributed by atoms with Crippen molar-refractivity contribution in [1.29, 1.82) is 0 Å². The Morgan fingerprint density at radius 3 is 2.95 bits per heavy atom. The lowest BCUT2D eigenvalue weighted by Crippen LogP contribution is -2.37. The van der Waals surface area contributed by atoms with E-state index in [4.69, 9.17) is 9.72 Å². The van der Waals surface area contributed by atoms with Crippen LogP contribution in [-0.4, -0.2) is 93.0 Å². The Hall–Kier alpha value is -3.45. The number of carbonyl (C=O) groups is 1. The van der Waals surface area contributed by atoms with Crippen molar-refractivity contribution in [3.05, 3.63) is 35.9 Å². The van der Waals surface area contributed by atoms with Crippen molar-refractivity contribution in [1.82, 2.24) is 30.0 Å². The van der Waals surface area contributed by atoms with Gasteiger partial charge in [-0.05, 0) is 56.7 Å². The van der Waals surface area contributed by atoms with Crippen LogP contribution < -0.4 is 10.6 Å². The number of aromatic amines is 1. The van der Waals surface area contributed by atoms with Crippen molar-refractivity contribution >= 4 is 28.6 Å².